The van der Waals surface area contributed by atoms with E-state index >= 15 is 0 Å². The molecule has 0 radical (unpaired) electrons. The van der Waals surface area contributed by atoms with Crippen molar-refractivity contribution in [3.8, 4) is 0 Å². The quantitative estimate of drug-likeness (QED) is 0.767. The van der Waals surface area contributed by atoms with Crippen LogP contribution in [-0.2, 0) is 11.2 Å². The van der Waals surface area contributed by atoms with E-state index < -0.39 is 11.9 Å². The van der Waals surface area contributed by atoms with Gasteiger partial charge in [0.1, 0.15) is 6.04 Å². The molecule has 0 spiro atoms. The summed E-state index contributed by atoms with van der Waals surface area (Å²) in [5.41, 5.74) is 12.9. The maximum Gasteiger partial charge on any atom is 0.238 e. The second kappa shape index (κ2) is 8.09. The zero-order valence-electron chi connectivity index (χ0n) is 10.2. The number of nitrogens with two attached hydrogens (primary N) is 2. The normalized spacial score (nSPS) is 11.6. The Kier molecular flexibility index (Phi) is 7.59. The van der Waals surface area contributed by atoms with Crippen LogP contribution in [0.3, 0.4) is 0 Å². The number of aryl methyl sites for hydroxylation is 1. The Hall–Kier alpha value is -1.06. The van der Waals surface area contributed by atoms with Crippen molar-refractivity contribution in [3.05, 3.63) is 35.4 Å². The minimum Gasteiger partial charge on any atom is -0.368 e. The number of rotatable bonds is 6. The molecule has 96 valence electrons. The zero-order valence-corrected chi connectivity index (χ0v) is 11.0. The molecule has 17 heavy (non-hydrogen) atoms. The second-order valence-corrected chi connectivity index (χ2v) is 4.08. The van der Waals surface area contributed by atoms with Gasteiger partial charge in [-0.15, -0.1) is 12.4 Å². The first-order chi connectivity index (χ1) is 7.65. The van der Waals surface area contributed by atoms with E-state index in [2.05, 4.69) is 13.0 Å². The number of hydrogen-bond acceptors (Lipinski definition) is 2. The van der Waals surface area contributed by atoms with E-state index in [1.165, 1.54) is 24.8 Å². The van der Waals surface area contributed by atoms with Crippen molar-refractivity contribution in [2.75, 3.05) is 0 Å². The lowest BCUT2D eigenvalue weighted by Crippen LogP contribution is -2.28. The Morgan fingerprint density at radius 1 is 1.35 bits per heavy atom. The second-order valence-electron chi connectivity index (χ2n) is 4.08. The smallest absolute Gasteiger partial charge is 0.238 e. The van der Waals surface area contributed by atoms with Gasteiger partial charge in [-0.3, -0.25) is 4.79 Å². The molecule has 0 saturated heterocycles. The van der Waals surface area contributed by atoms with Gasteiger partial charge in [-0.1, -0.05) is 44.0 Å². The molecule has 4 heteroatoms. The van der Waals surface area contributed by atoms with Gasteiger partial charge in [-0.05, 0) is 24.0 Å². The molecule has 1 rings (SSSR count). The molecule has 0 aliphatic carbocycles. The Balaban J connectivity index is 0.00000256. The topological polar surface area (TPSA) is 69.1 Å². The van der Waals surface area contributed by atoms with E-state index in [0.29, 0.717) is 0 Å². The maximum absolute atomic E-state index is 11.0. The highest BCUT2D eigenvalue weighted by Crippen LogP contribution is 2.14. The van der Waals surface area contributed by atoms with Crippen molar-refractivity contribution >= 4 is 18.3 Å². The summed E-state index contributed by atoms with van der Waals surface area (Å²) in [5, 5.41) is 0. The minimum atomic E-state index is -0.689. The standard InChI is InChI=1S/C13H20N2O.ClH/c1-2-3-4-6-10-7-5-8-11(9-10)12(14)13(15)16;/h5,7-9,12H,2-4,6,14H2,1H3,(H2,15,16);1H/t12-;/m0./s1. The molecule has 0 aliphatic heterocycles. The number of unbranched alkanes of at least 4 members (excludes halogenated alkanes) is 2. The fourth-order valence-electron chi connectivity index (χ4n) is 1.69. The highest BCUT2D eigenvalue weighted by Gasteiger charge is 2.11. The lowest BCUT2D eigenvalue weighted by Gasteiger charge is -2.09. The Morgan fingerprint density at radius 3 is 2.65 bits per heavy atom. The minimum absolute atomic E-state index is 0. The number of benzene rings is 1. The van der Waals surface area contributed by atoms with E-state index in [0.717, 1.165) is 12.0 Å². The molecule has 3 nitrogen and oxygen atoms in total. The molecule has 1 atom stereocenters. The monoisotopic (exact) mass is 256 g/mol. The summed E-state index contributed by atoms with van der Waals surface area (Å²) in [6, 6.07) is 7.13. The average Bonchev–Trinajstić information content (AvgIpc) is 2.29. The van der Waals surface area contributed by atoms with E-state index in [-0.39, 0.29) is 12.4 Å². The lowest BCUT2D eigenvalue weighted by molar-refractivity contribution is -0.119. The Bertz CT molecular complexity index is 355. The van der Waals surface area contributed by atoms with Crippen molar-refractivity contribution in [2.45, 2.75) is 38.6 Å². The zero-order chi connectivity index (χ0) is 12.0. The summed E-state index contributed by atoms with van der Waals surface area (Å²) in [6.07, 6.45) is 4.64. The largest absolute Gasteiger partial charge is 0.368 e. The van der Waals surface area contributed by atoms with Crippen molar-refractivity contribution < 1.29 is 4.79 Å². The molecule has 0 fully saturated rings. The van der Waals surface area contributed by atoms with Gasteiger partial charge in [-0.2, -0.15) is 0 Å². The Morgan fingerprint density at radius 2 is 2.06 bits per heavy atom. The van der Waals surface area contributed by atoms with Gasteiger partial charge in [0.2, 0.25) is 5.91 Å². The van der Waals surface area contributed by atoms with E-state index in [1.807, 2.05) is 18.2 Å². The van der Waals surface area contributed by atoms with Crippen LogP contribution in [0.2, 0.25) is 0 Å². The van der Waals surface area contributed by atoms with Gasteiger partial charge in [0.05, 0.1) is 0 Å². The molecule has 1 aromatic carbocycles. The molecule has 4 N–H and O–H groups in total. The summed E-state index contributed by atoms with van der Waals surface area (Å²) in [4.78, 5) is 11.0. The highest BCUT2D eigenvalue weighted by molar-refractivity contribution is 5.85. The van der Waals surface area contributed by atoms with Gasteiger partial charge in [-0.25, -0.2) is 0 Å². The van der Waals surface area contributed by atoms with Crippen LogP contribution in [0.5, 0.6) is 0 Å². The first-order valence-corrected chi connectivity index (χ1v) is 5.79. The Labute approximate surface area is 109 Å². The molecule has 0 bridgehead atoms. The number of amides is 1. The lowest BCUT2D eigenvalue weighted by atomic mass is 10.0. The highest BCUT2D eigenvalue weighted by atomic mass is 35.5. The number of primary amides is 1. The summed E-state index contributed by atoms with van der Waals surface area (Å²) < 4.78 is 0. The first kappa shape index (κ1) is 15.9. The summed E-state index contributed by atoms with van der Waals surface area (Å²) in [5.74, 6) is -0.481. The van der Waals surface area contributed by atoms with Crippen LogP contribution in [0.4, 0.5) is 0 Å². The van der Waals surface area contributed by atoms with Crippen LogP contribution >= 0.6 is 12.4 Å². The SMILES string of the molecule is CCCCCc1cccc([C@H](N)C(N)=O)c1.Cl. The fraction of sp³-hybridized carbons (Fsp3) is 0.462. The van der Waals surface area contributed by atoms with Gasteiger partial charge < -0.3 is 11.5 Å². The number of hydrogen-bond donors (Lipinski definition) is 2. The molecule has 0 aromatic heterocycles. The molecular formula is C13H21ClN2O. The van der Waals surface area contributed by atoms with Crippen molar-refractivity contribution in [1.29, 1.82) is 0 Å². The molecule has 1 amide bonds. The molecule has 0 aliphatic rings. The summed E-state index contributed by atoms with van der Waals surface area (Å²) >= 11 is 0. The summed E-state index contributed by atoms with van der Waals surface area (Å²) in [6.45, 7) is 2.18. The van der Waals surface area contributed by atoms with E-state index in [9.17, 15) is 4.79 Å². The summed E-state index contributed by atoms with van der Waals surface area (Å²) in [7, 11) is 0. The van der Waals surface area contributed by atoms with Crippen molar-refractivity contribution in [2.24, 2.45) is 11.5 Å². The predicted octanol–water partition coefficient (Wildman–Crippen LogP) is 2.33. The van der Waals surface area contributed by atoms with Crippen LogP contribution < -0.4 is 11.5 Å². The van der Waals surface area contributed by atoms with Crippen LogP contribution in [0.25, 0.3) is 0 Å². The first-order valence-electron chi connectivity index (χ1n) is 5.79. The van der Waals surface area contributed by atoms with Crippen LogP contribution in [0, 0.1) is 0 Å². The molecule has 0 unspecified atom stereocenters. The third-order valence-corrected chi connectivity index (χ3v) is 2.69. The van der Waals surface area contributed by atoms with Crippen molar-refractivity contribution in [3.63, 3.8) is 0 Å². The maximum atomic E-state index is 11.0. The van der Waals surface area contributed by atoms with E-state index in [1.54, 1.807) is 0 Å². The number of halogens is 1. The van der Waals surface area contributed by atoms with E-state index in [4.69, 9.17) is 11.5 Å². The number of carbonyl (C=O) groups is 1. The third-order valence-electron chi connectivity index (χ3n) is 2.69. The molecule has 1 aromatic rings. The molecule has 0 saturated carbocycles. The molecular weight excluding hydrogens is 236 g/mol. The van der Waals surface area contributed by atoms with Gasteiger partial charge in [0.25, 0.3) is 0 Å². The average molecular weight is 257 g/mol. The van der Waals surface area contributed by atoms with Crippen LogP contribution in [0.15, 0.2) is 24.3 Å². The van der Waals surface area contributed by atoms with Gasteiger partial charge in [0.15, 0.2) is 0 Å². The van der Waals surface area contributed by atoms with Gasteiger partial charge in [0, 0.05) is 0 Å². The van der Waals surface area contributed by atoms with Gasteiger partial charge >= 0.3 is 0 Å². The predicted molar refractivity (Wildman–Crippen MR) is 73.0 cm³/mol. The third kappa shape index (κ3) is 5.20. The van der Waals surface area contributed by atoms with Crippen LogP contribution in [0.1, 0.15) is 43.4 Å². The van der Waals surface area contributed by atoms with Crippen molar-refractivity contribution in [1.82, 2.24) is 0 Å². The van der Waals surface area contributed by atoms with Crippen LogP contribution in [-0.4, -0.2) is 5.91 Å². The molecule has 0 heterocycles. The number of carbonyl (C=O) groups excluding carboxylic acids is 1. The fourth-order valence-corrected chi connectivity index (χ4v) is 1.69.